The lowest BCUT2D eigenvalue weighted by molar-refractivity contribution is -0.125. The van der Waals surface area contributed by atoms with Gasteiger partial charge in [-0.25, -0.2) is 0 Å². The monoisotopic (exact) mass is 401 g/mol. The summed E-state index contributed by atoms with van der Waals surface area (Å²) in [5, 5.41) is 18.8. The Morgan fingerprint density at radius 3 is 2.24 bits per heavy atom. The number of para-hydroxylation sites is 1. The Morgan fingerprint density at radius 2 is 1.66 bits per heavy atom. The summed E-state index contributed by atoms with van der Waals surface area (Å²) < 4.78 is 10.2. The Labute approximate surface area is 172 Å². The lowest BCUT2D eigenvalue weighted by Gasteiger charge is -2.13. The van der Waals surface area contributed by atoms with Gasteiger partial charge in [-0.05, 0) is 31.5 Å². The molecule has 2 aromatic rings. The number of aliphatic hydroxyl groups is 1. The fraction of sp³-hybridized carbons (Fsp3) is 0.435. The third kappa shape index (κ3) is 5.64. The number of benzene rings is 2. The van der Waals surface area contributed by atoms with Gasteiger partial charge in [-0.2, -0.15) is 0 Å². The second-order valence-corrected chi connectivity index (χ2v) is 6.60. The predicted octanol–water partition coefficient (Wildman–Crippen LogP) is 4.71. The van der Waals surface area contributed by atoms with Crippen molar-refractivity contribution in [3.05, 3.63) is 47.5 Å². The molecule has 5 rings (SSSR count). The number of phenolic OH excluding ortho intramolecular Hbond substituents is 1. The summed E-state index contributed by atoms with van der Waals surface area (Å²) in [7, 11) is 0. The predicted molar refractivity (Wildman–Crippen MR) is 114 cm³/mol. The number of likely N-dealkylation sites (N-methyl/N-ethyl adjacent to an activating group) is 1. The number of ether oxygens (including phenoxy) is 2. The molecule has 1 atom stereocenters. The third-order valence-corrected chi connectivity index (χ3v) is 4.38. The first-order valence-corrected chi connectivity index (χ1v) is 10.2. The van der Waals surface area contributed by atoms with Gasteiger partial charge in [-0.3, -0.25) is 4.79 Å². The maximum atomic E-state index is 11.5. The minimum atomic E-state index is -0.962. The number of hydrogen-bond acceptors (Lipinski definition) is 5. The van der Waals surface area contributed by atoms with Crippen molar-refractivity contribution in [3.63, 3.8) is 0 Å². The van der Waals surface area contributed by atoms with Crippen LogP contribution in [0.25, 0.3) is 0 Å². The van der Waals surface area contributed by atoms with Crippen LogP contribution in [0.3, 0.4) is 0 Å². The number of fused-ring (bicyclic) bond motifs is 2. The third-order valence-electron chi connectivity index (χ3n) is 4.38. The molecule has 3 aliphatic rings. The zero-order valence-corrected chi connectivity index (χ0v) is 17.6. The Morgan fingerprint density at radius 1 is 1.07 bits per heavy atom. The van der Waals surface area contributed by atoms with Crippen molar-refractivity contribution in [3.8, 4) is 17.2 Å². The van der Waals surface area contributed by atoms with Gasteiger partial charge in [-0.1, -0.05) is 51.3 Å². The van der Waals surface area contributed by atoms with Crippen molar-refractivity contribution >= 4 is 11.6 Å². The van der Waals surface area contributed by atoms with E-state index in [0.717, 1.165) is 11.3 Å². The molecule has 158 valence electrons. The van der Waals surface area contributed by atoms with E-state index < -0.39 is 6.10 Å². The second-order valence-electron chi connectivity index (χ2n) is 6.60. The molecule has 0 aromatic heterocycles. The summed E-state index contributed by atoms with van der Waals surface area (Å²) in [6, 6.07) is 10.7. The van der Waals surface area contributed by atoms with E-state index >= 15 is 0 Å². The average molecular weight is 402 g/mol. The van der Waals surface area contributed by atoms with Gasteiger partial charge in [0.15, 0.2) is 17.6 Å². The van der Waals surface area contributed by atoms with Gasteiger partial charge < -0.3 is 24.6 Å². The first kappa shape index (κ1) is 22.6. The molecule has 1 fully saturated rings. The van der Waals surface area contributed by atoms with Crippen LogP contribution in [0.1, 0.15) is 57.3 Å². The summed E-state index contributed by atoms with van der Waals surface area (Å²) in [5.41, 5.74) is 2.35. The van der Waals surface area contributed by atoms with Crippen molar-refractivity contribution in [1.29, 1.82) is 0 Å². The van der Waals surface area contributed by atoms with Gasteiger partial charge in [0.25, 0.3) is 5.91 Å². The van der Waals surface area contributed by atoms with E-state index in [0.29, 0.717) is 23.6 Å². The molecule has 0 spiro atoms. The van der Waals surface area contributed by atoms with Gasteiger partial charge in [0.1, 0.15) is 5.75 Å². The second kappa shape index (κ2) is 10.7. The van der Waals surface area contributed by atoms with Crippen LogP contribution in [0.15, 0.2) is 36.4 Å². The fourth-order valence-electron chi connectivity index (χ4n) is 2.72. The average Bonchev–Trinajstić information content (AvgIpc) is 3.53. The molecule has 1 saturated carbocycles. The van der Waals surface area contributed by atoms with E-state index in [1.807, 2.05) is 45.9 Å². The summed E-state index contributed by atoms with van der Waals surface area (Å²) in [6.07, 6.45) is 3.54. The fourth-order valence-corrected chi connectivity index (χ4v) is 2.72. The Balaban J connectivity index is 0.000000169. The van der Waals surface area contributed by atoms with Crippen molar-refractivity contribution < 1.29 is 24.5 Å². The number of aromatic hydroxyl groups is 1. The summed E-state index contributed by atoms with van der Waals surface area (Å²) in [4.78, 5) is 13.1. The molecule has 2 aliphatic heterocycles. The standard InChI is InChI=1S/C10H11NO2.C8H8O3.C3H6.C2H6/c1-2-11-8-6-4-3-5-7(8)9(12)10(11)13;1-5-2-7-8(3-6(5)9)11-4-10-7;1-2-3-1;1-2/h3-6,9,12H,2H2,1H3;2-3,9H,4H2,1H3;1-3H2;1-2H3. The van der Waals surface area contributed by atoms with Crippen LogP contribution in [0.4, 0.5) is 5.69 Å². The van der Waals surface area contributed by atoms with Crippen molar-refractivity contribution in [2.24, 2.45) is 0 Å². The Bertz CT molecular complexity index is 787. The molecular formula is C23H31NO5. The normalized spacial score (nSPS) is 17.1. The molecule has 6 nitrogen and oxygen atoms in total. The molecule has 0 saturated heterocycles. The zero-order chi connectivity index (χ0) is 21.4. The first-order chi connectivity index (χ1) is 14.0. The lowest BCUT2D eigenvalue weighted by atomic mass is 10.1. The number of anilines is 1. The van der Waals surface area contributed by atoms with E-state index in [4.69, 9.17) is 9.47 Å². The SMILES string of the molecule is C1CC1.CC.CCN1C(=O)C(O)c2ccccc21.Cc1cc2c(cc1O)OCO2. The Kier molecular flexibility index (Phi) is 8.34. The number of phenols is 1. The van der Waals surface area contributed by atoms with Crippen LogP contribution in [0.5, 0.6) is 17.2 Å². The molecule has 29 heavy (non-hydrogen) atoms. The van der Waals surface area contributed by atoms with E-state index in [1.165, 1.54) is 19.3 Å². The number of aliphatic hydroxyl groups excluding tert-OH is 1. The molecule has 0 bridgehead atoms. The quantitative estimate of drug-likeness (QED) is 0.723. The molecule has 2 aromatic carbocycles. The van der Waals surface area contributed by atoms with Gasteiger partial charge >= 0.3 is 0 Å². The molecule has 2 heterocycles. The molecular weight excluding hydrogens is 370 g/mol. The highest BCUT2D eigenvalue weighted by molar-refractivity contribution is 6.03. The van der Waals surface area contributed by atoms with Crippen LogP contribution in [-0.2, 0) is 4.79 Å². The van der Waals surface area contributed by atoms with Crippen LogP contribution < -0.4 is 14.4 Å². The highest BCUT2D eigenvalue weighted by atomic mass is 16.7. The molecule has 1 aliphatic carbocycles. The first-order valence-electron chi connectivity index (χ1n) is 10.2. The van der Waals surface area contributed by atoms with Crippen molar-refractivity contribution in [1.82, 2.24) is 0 Å². The van der Waals surface area contributed by atoms with Gasteiger partial charge in [-0.15, -0.1) is 0 Å². The van der Waals surface area contributed by atoms with E-state index in [1.54, 1.807) is 23.1 Å². The smallest absolute Gasteiger partial charge is 0.260 e. The summed E-state index contributed by atoms with van der Waals surface area (Å²) in [5.74, 6) is 1.35. The summed E-state index contributed by atoms with van der Waals surface area (Å²) >= 11 is 0. The van der Waals surface area contributed by atoms with Crippen molar-refractivity contribution in [2.45, 2.75) is 53.1 Å². The topological polar surface area (TPSA) is 79.2 Å². The summed E-state index contributed by atoms with van der Waals surface area (Å²) in [6.45, 7) is 8.56. The highest BCUT2D eigenvalue weighted by Crippen LogP contribution is 2.37. The largest absolute Gasteiger partial charge is 0.508 e. The molecule has 0 radical (unpaired) electrons. The van der Waals surface area contributed by atoms with Gasteiger partial charge in [0.2, 0.25) is 6.79 Å². The zero-order valence-electron chi connectivity index (χ0n) is 17.6. The van der Waals surface area contributed by atoms with Gasteiger partial charge in [0.05, 0.1) is 5.69 Å². The maximum Gasteiger partial charge on any atom is 0.260 e. The lowest BCUT2D eigenvalue weighted by Crippen LogP contribution is -2.28. The van der Waals surface area contributed by atoms with E-state index in [-0.39, 0.29) is 18.4 Å². The van der Waals surface area contributed by atoms with Gasteiger partial charge in [0, 0.05) is 18.2 Å². The Hall–Kier alpha value is -2.73. The highest BCUT2D eigenvalue weighted by Gasteiger charge is 2.34. The molecule has 6 heteroatoms. The maximum absolute atomic E-state index is 11.5. The number of aryl methyl sites for hydroxylation is 1. The molecule has 1 amide bonds. The van der Waals surface area contributed by atoms with Crippen LogP contribution in [0.2, 0.25) is 0 Å². The molecule has 2 N–H and O–H groups in total. The minimum absolute atomic E-state index is 0.219. The number of carbonyl (C=O) groups excluding carboxylic acids is 1. The number of nitrogens with zero attached hydrogens (tertiary/aromatic N) is 1. The van der Waals surface area contributed by atoms with Crippen LogP contribution >= 0.6 is 0 Å². The van der Waals surface area contributed by atoms with Crippen molar-refractivity contribution in [2.75, 3.05) is 18.2 Å². The number of carbonyl (C=O) groups is 1. The number of hydrogen-bond donors (Lipinski definition) is 2. The number of rotatable bonds is 1. The van der Waals surface area contributed by atoms with E-state index in [9.17, 15) is 15.0 Å². The van der Waals surface area contributed by atoms with Crippen LogP contribution in [0, 0.1) is 6.92 Å². The number of amides is 1. The molecule has 1 unspecified atom stereocenters. The van der Waals surface area contributed by atoms with E-state index in [2.05, 4.69) is 0 Å². The minimum Gasteiger partial charge on any atom is -0.508 e. The van der Waals surface area contributed by atoms with Crippen LogP contribution in [-0.4, -0.2) is 29.5 Å².